The highest BCUT2D eigenvalue weighted by atomic mass is 32.3. The van der Waals surface area contributed by atoms with Gasteiger partial charge in [0.25, 0.3) is 0 Å². The molecule has 1 heterocycles. The summed E-state index contributed by atoms with van der Waals surface area (Å²) in [5.74, 6) is 0. The first kappa shape index (κ1) is 22.7. The van der Waals surface area contributed by atoms with Gasteiger partial charge in [0.15, 0.2) is 0 Å². The van der Waals surface area contributed by atoms with E-state index in [2.05, 4.69) is 168 Å². The number of benzene rings is 6. The predicted octanol–water partition coefficient (Wildman–Crippen LogP) is 10.1. The van der Waals surface area contributed by atoms with Gasteiger partial charge in [-0.15, -0.1) is 10.0 Å². The van der Waals surface area contributed by atoms with Gasteiger partial charge in [-0.05, 0) is 72.8 Å². The molecule has 0 fully saturated rings. The summed E-state index contributed by atoms with van der Waals surface area (Å²) in [6, 6.07) is 59.7. The third kappa shape index (κ3) is 3.49. The molecule has 0 saturated heterocycles. The van der Waals surface area contributed by atoms with Gasteiger partial charge in [-0.1, -0.05) is 91.0 Å². The van der Waals surface area contributed by atoms with Crippen LogP contribution < -0.4 is 0 Å². The van der Waals surface area contributed by atoms with E-state index in [4.69, 9.17) is 0 Å². The molecule has 0 atom stereocenters. The molecule has 0 amide bonds. The molecule has 0 N–H and O–H groups in total. The number of fused-ring (bicyclic) bond motifs is 3. The normalized spacial score (nSPS) is 12.1. The van der Waals surface area contributed by atoms with Crippen LogP contribution in [0.4, 0.5) is 0 Å². The maximum Gasteiger partial charge on any atom is 0.0541 e. The van der Waals surface area contributed by atoms with Gasteiger partial charge in [0.05, 0.1) is 11.0 Å². The lowest BCUT2D eigenvalue weighted by Gasteiger charge is -2.42. The second-order valence-electron chi connectivity index (χ2n) is 9.42. The molecule has 0 spiro atoms. The Morgan fingerprint density at radius 2 is 0.789 bits per heavy atom. The van der Waals surface area contributed by atoms with E-state index in [9.17, 15) is 0 Å². The highest BCUT2D eigenvalue weighted by molar-refractivity contribution is 8.34. The summed E-state index contributed by atoms with van der Waals surface area (Å²) in [4.78, 5) is 5.35. The van der Waals surface area contributed by atoms with Crippen molar-refractivity contribution >= 4 is 31.8 Å². The molecule has 38 heavy (non-hydrogen) atoms. The Hall–Kier alpha value is -4.53. The summed E-state index contributed by atoms with van der Waals surface area (Å²) in [6.45, 7) is 0. The first-order chi connectivity index (χ1) is 18.9. The average Bonchev–Trinajstić information content (AvgIpc) is 3.34. The van der Waals surface area contributed by atoms with Gasteiger partial charge in [-0.25, -0.2) is 0 Å². The molecule has 7 aromatic rings. The first-order valence-electron chi connectivity index (χ1n) is 12.9. The van der Waals surface area contributed by atoms with Crippen molar-refractivity contribution in [3.63, 3.8) is 0 Å². The fourth-order valence-corrected chi connectivity index (χ4v) is 9.58. The lowest BCUT2D eigenvalue weighted by molar-refractivity contribution is 1.18. The van der Waals surface area contributed by atoms with Crippen LogP contribution in [-0.4, -0.2) is 4.57 Å². The molecule has 7 rings (SSSR count). The zero-order chi connectivity index (χ0) is 25.4. The summed E-state index contributed by atoms with van der Waals surface area (Å²) >= 11 is 0. The minimum atomic E-state index is -1.74. The number of hydrogen-bond donors (Lipinski definition) is 0. The van der Waals surface area contributed by atoms with E-state index in [1.54, 1.807) is 0 Å². The number of rotatable bonds is 5. The Balaban J connectivity index is 1.61. The maximum atomic E-state index is 2.46. The van der Waals surface area contributed by atoms with E-state index < -0.39 is 10.0 Å². The second kappa shape index (κ2) is 9.41. The number of para-hydroxylation sites is 2. The monoisotopic (exact) mass is 505 g/mol. The Morgan fingerprint density at radius 3 is 1.34 bits per heavy atom. The van der Waals surface area contributed by atoms with Crippen LogP contribution in [0, 0.1) is 0 Å². The second-order valence-corrected chi connectivity index (χ2v) is 12.5. The molecular weight excluding hydrogens is 478 g/mol. The lowest BCUT2D eigenvalue weighted by Crippen LogP contribution is -2.05. The predicted molar refractivity (Wildman–Crippen MR) is 161 cm³/mol. The first-order valence-corrected chi connectivity index (χ1v) is 14.6. The standard InChI is InChI=1S/C36H27NS/c1-5-15-28(16-6-1)37-35-24-14-13-23-33(35)34-27-32(25-26-36(34)37)38(29-17-7-2-8-18-29,30-19-9-3-10-20-30)31-21-11-4-12-22-31/h1-27H. The highest BCUT2D eigenvalue weighted by Gasteiger charge is 2.33. The fraction of sp³-hybridized carbons (Fsp3) is 0. The van der Waals surface area contributed by atoms with E-state index in [0.29, 0.717) is 0 Å². The van der Waals surface area contributed by atoms with Gasteiger partial charge in [0.2, 0.25) is 0 Å². The zero-order valence-electron chi connectivity index (χ0n) is 20.9. The Bertz CT molecular complexity index is 1740. The van der Waals surface area contributed by atoms with Crippen molar-refractivity contribution in [2.45, 2.75) is 19.6 Å². The molecule has 0 saturated carbocycles. The van der Waals surface area contributed by atoms with Crippen molar-refractivity contribution in [3.8, 4) is 5.69 Å². The zero-order valence-corrected chi connectivity index (χ0v) is 21.8. The van der Waals surface area contributed by atoms with Gasteiger partial charge in [-0.3, -0.25) is 0 Å². The van der Waals surface area contributed by atoms with E-state index in [1.165, 1.54) is 47.1 Å². The number of nitrogens with zero attached hydrogens (tertiary/aromatic N) is 1. The third-order valence-corrected chi connectivity index (χ3v) is 11.2. The molecule has 2 heteroatoms. The maximum absolute atomic E-state index is 2.46. The third-order valence-electron chi connectivity index (χ3n) is 7.30. The highest BCUT2D eigenvalue weighted by Crippen LogP contribution is 2.73. The fourth-order valence-electron chi connectivity index (χ4n) is 5.69. The molecule has 0 bridgehead atoms. The smallest absolute Gasteiger partial charge is 0.0541 e. The molecule has 0 aliphatic carbocycles. The molecule has 6 aromatic carbocycles. The van der Waals surface area contributed by atoms with Gasteiger partial charge < -0.3 is 4.57 Å². The molecule has 182 valence electrons. The van der Waals surface area contributed by atoms with Gasteiger partial charge >= 0.3 is 0 Å². The van der Waals surface area contributed by atoms with Crippen LogP contribution in [0.5, 0.6) is 0 Å². The van der Waals surface area contributed by atoms with Crippen LogP contribution in [0.15, 0.2) is 183 Å². The summed E-state index contributed by atoms with van der Waals surface area (Å²) in [5.41, 5.74) is 3.63. The van der Waals surface area contributed by atoms with E-state index in [1.807, 2.05) is 0 Å². The van der Waals surface area contributed by atoms with E-state index >= 15 is 0 Å². The van der Waals surface area contributed by atoms with Crippen molar-refractivity contribution in [1.29, 1.82) is 0 Å². The van der Waals surface area contributed by atoms with Crippen LogP contribution in [-0.2, 0) is 0 Å². The summed E-state index contributed by atoms with van der Waals surface area (Å²) < 4.78 is 2.39. The largest absolute Gasteiger partial charge is 0.309 e. The molecule has 1 aromatic heterocycles. The van der Waals surface area contributed by atoms with Crippen LogP contribution >= 0.6 is 10.0 Å². The van der Waals surface area contributed by atoms with E-state index in [-0.39, 0.29) is 0 Å². The lowest BCUT2D eigenvalue weighted by atomic mass is 10.1. The van der Waals surface area contributed by atoms with Gasteiger partial charge in [0, 0.05) is 36.0 Å². The Morgan fingerprint density at radius 1 is 0.342 bits per heavy atom. The quantitative estimate of drug-likeness (QED) is 0.219. The number of aromatic nitrogens is 1. The molecule has 0 unspecified atom stereocenters. The van der Waals surface area contributed by atoms with Gasteiger partial charge in [-0.2, -0.15) is 0 Å². The average molecular weight is 506 g/mol. The molecule has 1 nitrogen and oxygen atoms in total. The van der Waals surface area contributed by atoms with Crippen molar-refractivity contribution in [2.24, 2.45) is 0 Å². The molecule has 0 radical (unpaired) electrons. The topological polar surface area (TPSA) is 4.93 Å². The number of hydrogen-bond acceptors (Lipinski definition) is 0. The van der Waals surface area contributed by atoms with Crippen LogP contribution in [0.1, 0.15) is 0 Å². The van der Waals surface area contributed by atoms with Crippen LogP contribution in [0.2, 0.25) is 0 Å². The Labute approximate surface area is 225 Å². The summed E-state index contributed by atoms with van der Waals surface area (Å²) in [6.07, 6.45) is 0. The SMILES string of the molecule is c1ccc(-n2c3ccccc3c3cc(S(c4ccccc4)(c4ccccc4)c4ccccc4)ccc32)cc1. The summed E-state index contributed by atoms with van der Waals surface area (Å²) in [5, 5.41) is 2.55. The van der Waals surface area contributed by atoms with Crippen molar-refractivity contribution in [1.82, 2.24) is 4.57 Å². The van der Waals surface area contributed by atoms with Crippen LogP contribution in [0.25, 0.3) is 27.5 Å². The molecule has 0 aliphatic heterocycles. The minimum Gasteiger partial charge on any atom is -0.309 e. The Kier molecular flexibility index (Phi) is 5.61. The van der Waals surface area contributed by atoms with Crippen molar-refractivity contribution in [2.75, 3.05) is 0 Å². The van der Waals surface area contributed by atoms with Crippen molar-refractivity contribution < 1.29 is 0 Å². The van der Waals surface area contributed by atoms with Crippen LogP contribution in [0.3, 0.4) is 0 Å². The molecular formula is C36H27NS. The van der Waals surface area contributed by atoms with E-state index in [0.717, 1.165) is 0 Å². The molecule has 0 aliphatic rings. The minimum absolute atomic E-state index is 1.18. The summed E-state index contributed by atoms with van der Waals surface area (Å²) in [7, 11) is -1.74. The van der Waals surface area contributed by atoms with Gasteiger partial charge in [0.1, 0.15) is 0 Å². The van der Waals surface area contributed by atoms with Crippen molar-refractivity contribution in [3.05, 3.63) is 164 Å².